The molecule has 7 nitrogen and oxygen atoms in total. The molecular formula is C14H14N2O5S. The minimum absolute atomic E-state index is 0.125. The van der Waals surface area contributed by atoms with Crippen molar-refractivity contribution in [2.24, 2.45) is 0 Å². The minimum Gasteiger partial charge on any atom is -0.481 e. The predicted octanol–water partition coefficient (Wildman–Crippen LogP) is 1.72. The molecule has 1 saturated heterocycles. The van der Waals surface area contributed by atoms with Gasteiger partial charge in [0.25, 0.3) is 5.91 Å². The highest BCUT2D eigenvalue weighted by atomic mass is 32.1. The smallest absolute Gasteiger partial charge is 0.306 e. The van der Waals surface area contributed by atoms with Crippen LogP contribution >= 0.6 is 11.3 Å². The number of carbonyl (C=O) groups is 2. The summed E-state index contributed by atoms with van der Waals surface area (Å²) in [6, 6.07) is 3.73. The number of aliphatic carboxylic acids is 1. The number of ether oxygens (including phenoxy) is 1. The van der Waals surface area contributed by atoms with Crippen LogP contribution in [0.3, 0.4) is 0 Å². The molecule has 1 atom stereocenters. The maximum Gasteiger partial charge on any atom is 0.306 e. The molecule has 2 aromatic rings. The number of rotatable bonds is 4. The van der Waals surface area contributed by atoms with Crippen molar-refractivity contribution in [3.05, 3.63) is 29.6 Å². The van der Waals surface area contributed by atoms with E-state index in [1.807, 2.05) is 17.5 Å². The van der Waals surface area contributed by atoms with E-state index in [0.717, 1.165) is 4.88 Å². The van der Waals surface area contributed by atoms with Crippen molar-refractivity contribution in [3.8, 4) is 10.6 Å². The lowest BCUT2D eigenvalue weighted by atomic mass is 10.2. The predicted molar refractivity (Wildman–Crippen MR) is 77.7 cm³/mol. The highest BCUT2D eigenvalue weighted by Gasteiger charge is 2.30. The molecule has 1 fully saturated rings. The van der Waals surface area contributed by atoms with Crippen LogP contribution in [0.15, 0.2) is 28.3 Å². The van der Waals surface area contributed by atoms with Crippen molar-refractivity contribution >= 4 is 23.2 Å². The normalized spacial score (nSPS) is 18.4. The van der Waals surface area contributed by atoms with E-state index in [0.29, 0.717) is 18.9 Å². The number of hydrogen-bond acceptors (Lipinski definition) is 6. The Bertz CT molecular complexity index is 667. The fourth-order valence-corrected chi connectivity index (χ4v) is 3.07. The Morgan fingerprint density at radius 2 is 2.36 bits per heavy atom. The number of hydrogen-bond donors (Lipinski definition) is 1. The summed E-state index contributed by atoms with van der Waals surface area (Å²) < 4.78 is 10.7. The zero-order valence-corrected chi connectivity index (χ0v) is 12.4. The summed E-state index contributed by atoms with van der Waals surface area (Å²) in [6.45, 7) is 0.962. The van der Waals surface area contributed by atoms with Gasteiger partial charge in [0, 0.05) is 13.1 Å². The Hall–Kier alpha value is -2.19. The second-order valence-corrected chi connectivity index (χ2v) is 5.80. The van der Waals surface area contributed by atoms with E-state index in [2.05, 4.69) is 4.98 Å². The summed E-state index contributed by atoms with van der Waals surface area (Å²) >= 11 is 1.46. The fraction of sp³-hybridized carbons (Fsp3) is 0.357. The maximum atomic E-state index is 12.6. The van der Waals surface area contributed by atoms with E-state index in [-0.39, 0.29) is 24.6 Å². The lowest BCUT2D eigenvalue weighted by Gasteiger charge is -2.31. The summed E-state index contributed by atoms with van der Waals surface area (Å²) in [7, 11) is 0. The van der Waals surface area contributed by atoms with Crippen molar-refractivity contribution in [1.29, 1.82) is 0 Å². The lowest BCUT2D eigenvalue weighted by molar-refractivity contribution is -0.141. The topological polar surface area (TPSA) is 92.9 Å². The summed E-state index contributed by atoms with van der Waals surface area (Å²) in [4.78, 5) is 29.8. The van der Waals surface area contributed by atoms with Crippen molar-refractivity contribution < 1.29 is 23.8 Å². The van der Waals surface area contributed by atoms with Crippen LogP contribution < -0.4 is 0 Å². The molecule has 0 aliphatic carbocycles. The molecule has 0 saturated carbocycles. The van der Waals surface area contributed by atoms with Gasteiger partial charge in [-0.3, -0.25) is 9.59 Å². The van der Waals surface area contributed by atoms with Gasteiger partial charge in [-0.05, 0) is 11.4 Å². The number of carboxylic acid groups (broad SMARTS) is 1. The third-order valence-electron chi connectivity index (χ3n) is 3.34. The third kappa shape index (κ3) is 3.02. The number of oxazole rings is 1. The fourth-order valence-electron chi connectivity index (χ4n) is 2.35. The molecule has 2 aromatic heterocycles. The Balaban J connectivity index is 1.77. The molecule has 0 spiro atoms. The summed E-state index contributed by atoms with van der Waals surface area (Å²) in [5.74, 6) is -0.767. The molecule has 3 heterocycles. The standard InChI is InChI=1S/C14H14N2O5S/c17-11(18)6-9-7-16(3-4-20-9)14(19)12-13(21-8-15-12)10-2-1-5-22-10/h1-2,5,8-9H,3-4,6-7H2,(H,17,18)/t9-/m0/s1. The van der Waals surface area contributed by atoms with Gasteiger partial charge in [-0.15, -0.1) is 11.3 Å². The first-order valence-corrected chi connectivity index (χ1v) is 7.63. The van der Waals surface area contributed by atoms with Crippen LogP contribution in [-0.2, 0) is 9.53 Å². The van der Waals surface area contributed by atoms with E-state index in [9.17, 15) is 9.59 Å². The van der Waals surface area contributed by atoms with Crippen molar-refractivity contribution in [2.45, 2.75) is 12.5 Å². The van der Waals surface area contributed by atoms with E-state index < -0.39 is 12.1 Å². The van der Waals surface area contributed by atoms with Crippen LogP contribution in [0.5, 0.6) is 0 Å². The van der Waals surface area contributed by atoms with Crippen LogP contribution in [0.1, 0.15) is 16.9 Å². The molecule has 0 aromatic carbocycles. The van der Waals surface area contributed by atoms with Gasteiger partial charge in [0.2, 0.25) is 0 Å². The van der Waals surface area contributed by atoms with Gasteiger partial charge in [0.1, 0.15) is 0 Å². The summed E-state index contributed by atoms with van der Waals surface area (Å²) in [5, 5.41) is 10.7. The molecule has 116 valence electrons. The van der Waals surface area contributed by atoms with Crippen molar-refractivity contribution in [3.63, 3.8) is 0 Å². The zero-order valence-electron chi connectivity index (χ0n) is 11.6. The maximum absolute atomic E-state index is 12.6. The first-order valence-electron chi connectivity index (χ1n) is 6.75. The van der Waals surface area contributed by atoms with Crippen molar-refractivity contribution in [2.75, 3.05) is 19.7 Å². The van der Waals surface area contributed by atoms with Crippen molar-refractivity contribution in [1.82, 2.24) is 9.88 Å². The highest BCUT2D eigenvalue weighted by Crippen LogP contribution is 2.28. The summed E-state index contributed by atoms with van der Waals surface area (Å²) in [5.41, 5.74) is 0.249. The molecule has 1 amide bonds. The Labute approximate surface area is 130 Å². The van der Waals surface area contributed by atoms with Gasteiger partial charge in [-0.2, -0.15) is 0 Å². The van der Waals surface area contributed by atoms with Crippen LogP contribution in [0.25, 0.3) is 10.6 Å². The largest absolute Gasteiger partial charge is 0.481 e. The molecule has 3 rings (SSSR count). The van der Waals surface area contributed by atoms with Gasteiger partial charge < -0.3 is 19.2 Å². The lowest BCUT2D eigenvalue weighted by Crippen LogP contribution is -2.46. The van der Waals surface area contributed by atoms with E-state index in [1.165, 1.54) is 17.7 Å². The number of morpholine rings is 1. The minimum atomic E-state index is -0.944. The molecule has 1 aliphatic rings. The highest BCUT2D eigenvalue weighted by molar-refractivity contribution is 7.13. The molecule has 0 radical (unpaired) electrons. The molecule has 1 aliphatic heterocycles. The average molecular weight is 322 g/mol. The van der Waals surface area contributed by atoms with Gasteiger partial charge >= 0.3 is 5.97 Å². The number of thiophene rings is 1. The molecule has 22 heavy (non-hydrogen) atoms. The van der Waals surface area contributed by atoms with Gasteiger partial charge in [0.15, 0.2) is 17.8 Å². The molecule has 0 unspecified atom stereocenters. The van der Waals surface area contributed by atoms with Crippen LogP contribution in [-0.4, -0.2) is 52.7 Å². The molecule has 1 N–H and O–H groups in total. The van der Waals surface area contributed by atoms with Crippen LogP contribution in [0.2, 0.25) is 0 Å². The third-order valence-corrected chi connectivity index (χ3v) is 4.21. The molecule has 8 heteroatoms. The van der Waals surface area contributed by atoms with E-state index >= 15 is 0 Å². The SMILES string of the molecule is O=C(O)C[C@H]1CN(C(=O)c2ncoc2-c2cccs2)CCO1. The number of nitrogens with zero attached hydrogens (tertiary/aromatic N) is 2. The zero-order chi connectivity index (χ0) is 15.5. The Morgan fingerprint density at radius 3 is 3.09 bits per heavy atom. The monoisotopic (exact) mass is 322 g/mol. The summed E-state index contributed by atoms with van der Waals surface area (Å²) in [6.07, 6.45) is 0.630. The number of carbonyl (C=O) groups excluding carboxylic acids is 1. The van der Waals surface area contributed by atoms with Crippen LogP contribution in [0, 0.1) is 0 Å². The number of amides is 1. The van der Waals surface area contributed by atoms with Crippen LogP contribution in [0.4, 0.5) is 0 Å². The molecule has 0 bridgehead atoms. The Morgan fingerprint density at radius 1 is 1.50 bits per heavy atom. The first kappa shape index (κ1) is 14.7. The Kier molecular flexibility index (Phi) is 4.21. The van der Waals surface area contributed by atoms with E-state index in [4.69, 9.17) is 14.3 Å². The second-order valence-electron chi connectivity index (χ2n) is 4.85. The first-order chi connectivity index (χ1) is 10.6. The van der Waals surface area contributed by atoms with Gasteiger partial charge in [-0.1, -0.05) is 6.07 Å². The number of carboxylic acids is 1. The van der Waals surface area contributed by atoms with Gasteiger partial charge in [-0.25, -0.2) is 4.98 Å². The quantitative estimate of drug-likeness (QED) is 0.921. The van der Waals surface area contributed by atoms with Gasteiger partial charge in [0.05, 0.1) is 24.0 Å². The second kappa shape index (κ2) is 6.29. The molecular weight excluding hydrogens is 308 g/mol. The number of aromatic nitrogens is 1. The average Bonchev–Trinajstić information content (AvgIpc) is 3.16. The van der Waals surface area contributed by atoms with E-state index in [1.54, 1.807) is 4.90 Å².